The molecule has 1 aromatic heterocycles. The first kappa shape index (κ1) is 10.2. The van der Waals surface area contributed by atoms with Crippen LogP contribution >= 0.6 is 0 Å². The minimum absolute atomic E-state index is 0.0986. The van der Waals surface area contributed by atoms with Gasteiger partial charge in [0.1, 0.15) is 0 Å². The van der Waals surface area contributed by atoms with Gasteiger partial charge in [-0.15, -0.1) is 0 Å². The van der Waals surface area contributed by atoms with Crippen LogP contribution in [0.3, 0.4) is 0 Å². The second-order valence-electron chi connectivity index (χ2n) is 3.44. The van der Waals surface area contributed by atoms with Gasteiger partial charge in [-0.25, -0.2) is 0 Å². The van der Waals surface area contributed by atoms with Crippen molar-refractivity contribution in [1.82, 2.24) is 4.98 Å². The molecule has 0 unspecified atom stereocenters. The number of primary amides is 1. The van der Waals surface area contributed by atoms with Gasteiger partial charge in [0, 0.05) is 34.5 Å². The number of pyridine rings is 1. The lowest BCUT2D eigenvalue weighted by Gasteiger charge is -2.09. The Morgan fingerprint density at radius 2 is 2.12 bits per heavy atom. The van der Waals surface area contributed by atoms with E-state index in [1.54, 1.807) is 18.5 Å². The number of amides is 1. The van der Waals surface area contributed by atoms with Gasteiger partial charge in [-0.2, -0.15) is 0 Å². The van der Waals surface area contributed by atoms with E-state index in [2.05, 4.69) is 10.3 Å². The first-order chi connectivity index (χ1) is 7.68. The number of nitrogens with two attached hydrogens (primary N) is 2. The van der Waals surface area contributed by atoms with Crippen LogP contribution in [0, 0.1) is 0 Å². The highest BCUT2D eigenvalue weighted by molar-refractivity contribution is 6.01. The van der Waals surface area contributed by atoms with Crippen molar-refractivity contribution in [3.05, 3.63) is 30.6 Å². The molecule has 16 heavy (non-hydrogen) atoms. The minimum Gasteiger partial charge on any atom is -0.398 e. The number of nitrogens with zero attached hydrogens (tertiary/aromatic N) is 1. The monoisotopic (exact) mass is 216 g/mol. The van der Waals surface area contributed by atoms with E-state index in [4.69, 9.17) is 11.5 Å². The number of nitrogens with one attached hydrogen (secondary N) is 1. The molecule has 82 valence electrons. The van der Waals surface area contributed by atoms with Gasteiger partial charge in [0.25, 0.3) is 0 Å². The Labute approximate surface area is 92.5 Å². The fourth-order valence-electron chi connectivity index (χ4n) is 1.55. The van der Waals surface area contributed by atoms with Crippen LogP contribution in [0.2, 0.25) is 0 Å². The van der Waals surface area contributed by atoms with Gasteiger partial charge in [-0.05, 0) is 18.2 Å². The molecule has 0 aliphatic rings. The first-order valence-electron chi connectivity index (χ1n) is 4.83. The van der Waals surface area contributed by atoms with Crippen molar-refractivity contribution in [2.24, 2.45) is 5.73 Å². The van der Waals surface area contributed by atoms with Crippen molar-refractivity contribution in [2.75, 3.05) is 17.6 Å². The number of hydrogen-bond acceptors (Lipinski definition) is 4. The number of aromatic nitrogens is 1. The zero-order chi connectivity index (χ0) is 11.5. The zero-order valence-electron chi connectivity index (χ0n) is 8.60. The first-order valence-corrected chi connectivity index (χ1v) is 4.83. The molecule has 5 N–H and O–H groups in total. The van der Waals surface area contributed by atoms with Crippen molar-refractivity contribution in [1.29, 1.82) is 0 Å². The maximum atomic E-state index is 10.7. The number of nitrogen functional groups attached to an aromatic ring is 1. The molecule has 0 saturated carbocycles. The van der Waals surface area contributed by atoms with Gasteiger partial charge in [0.15, 0.2) is 0 Å². The summed E-state index contributed by atoms with van der Waals surface area (Å²) in [4.78, 5) is 14.7. The van der Waals surface area contributed by atoms with Crippen LogP contribution in [0.5, 0.6) is 0 Å². The lowest BCUT2D eigenvalue weighted by Crippen LogP contribution is -2.21. The van der Waals surface area contributed by atoms with Crippen LogP contribution < -0.4 is 16.8 Å². The number of hydrogen-bond donors (Lipinski definition) is 3. The van der Waals surface area contributed by atoms with Crippen LogP contribution in [0.25, 0.3) is 10.8 Å². The van der Waals surface area contributed by atoms with Crippen LogP contribution in [0.4, 0.5) is 11.4 Å². The number of benzene rings is 1. The Kier molecular flexibility index (Phi) is 2.59. The predicted molar refractivity (Wildman–Crippen MR) is 63.8 cm³/mol. The van der Waals surface area contributed by atoms with E-state index in [0.29, 0.717) is 5.69 Å². The minimum atomic E-state index is -0.404. The third kappa shape index (κ3) is 1.88. The summed E-state index contributed by atoms with van der Waals surface area (Å²) in [6.45, 7) is 0.0986. The molecule has 2 rings (SSSR count). The van der Waals surface area contributed by atoms with Gasteiger partial charge in [0.2, 0.25) is 5.91 Å². The highest BCUT2D eigenvalue weighted by atomic mass is 16.1. The second kappa shape index (κ2) is 4.06. The summed E-state index contributed by atoms with van der Waals surface area (Å²) < 4.78 is 0. The molecule has 0 atom stereocenters. The van der Waals surface area contributed by atoms with Crippen LogP contribution in [0.1, 0.15) is 0 Å². The average molecular weight is 216 g/mol. The lowest BCUT2D eigenvalue weighted by atomic mass is 10.1. The third-order valence-electron chi connectivity index (χ3n) is 2.30. The smallest absolute Gasteiger partial charge is 0.236 e. The van der Waals surface area contributed by atoms with Crippen LogP contribution in [-0.4, -0.2) is 17.4 Å². The number of carbonyl (C=O) groups excluding carboxylic acids is 1. The van der Waals surface area contributed by atoms with E-state index in [0.717, 1.165) is 16.5 Å². The van der Waals surface area contributed by atoms with Gasteiger partial charge in [-0.3, -0.25) is 9.78 Å². The molecule has 0 aliphatic carbocycles. The van der Waals surface area contributed by atoms with Crippen molar-refractivity contribution < 1.29 is 4.79 Å². The fourth-order valence-corrected chi connectivity index (χ4v) is 1.55. The molecule has 0 spiro atoms. The van der Waals surface area contributed by atoms with Gasteiger partial charge in [0.05, 0.1) is 6.54 Å². The quantitative estimate of drug-likeness (QED) is 0.659. The number of carbonyl (C=O) groups is 1. The molecule has 5 nitrogen and oxygen atoms in total. The Hall–Kier alpha value is -2.30. The molecule has 1 heterocycles. The van der Waals surface area contributed by atoms with E-state index in [9.17, 15) is 4.79 Å². The molecule has 0 aliphatic heterocycles. The summed E-state index contributed by atoms with van der Waals surface area (Å²) in [6, 6.07) is 5.43. The Morgan fingerprint density at radius 1 is 1.31 bits per heavy atom. The Balaban J connectivity index is 2.46. The van der Waals surface area contributed by atoms with Crippen LogP contribution in [0.15, 0.2) is 30.6 Å². The lowest BCUT2D eigenvalue weighted by molar-refractivity contribution is -0.116. The molecule has 5 heteroatoms. The predicted octanol–water partition coefficient (Wildman–Crippen LogP) is 0.714. The molecule has 1 amide bonds. The molecular weight excluding hydrogens is 204 g/mol. The maximum Gasteiger partial charge on any atom is 0.236 e. The summed E-state index contributed by atoms with van der Waals surface area (Å²) in [6.07, 6.45) is 3.37. The second-order valence-corrected chi connectivity index (χ2v) is 3.44. The Morgan fingerprint density at radius 3 is 2.88 bits per heavy atom. The van der Waals surface area contributed by atoms with E-state index in [1.165, 1.54) is 0 Å². The molecule has 2 aromatic rings. The van der Waals surface area contributed by atoms with Crippen molar-refractivity contribution in [3.8, 4) is 0 Å². The summed E-state index contributed by atoms with van der Waals surface area (Å²) in [7, 11) is 0. The highest BCUT2D eigenvalue weighted by Gasteiger charge is 2.04. The van der Waals surface area contributed by atoms with Gasteiger partial charge in [-0.1, -0.05) is 0 Å². The average Bonchev–Trinajstić information content (AvgIpc) is 2.28. The molecule has 0 saturated heterocycles. The van der Waals surface area contributed by atoms with Gasteiger partial charge >= 0.3 is 0 Å². The number of rotatable bonds is 3. The molecule has 1 aromatic carbocycles. The summed E-state index contributed by atoms with van der Waals surface area (Å²) in [5.74, 6) is -0.404. The largest absolute Gasteiger partial charge is 0.398 e. The SMILES string of the molecule is NC(=O)CNc1ccc(N)c2cnccc12. The zero-order valence-corrected chi connectivity index (χ0v) is 8.60. The fraction of sp³-hybridized carbons (Fsp3) is 0.0909. The highest BCUT2D eigenvalue weighted by Crippen LogP contribution is 2.26. The normalized spacial score (nSPS) is 10.2. The molecule has 0 radical (unpaired) electrons. The molecule has 0 fully saturated rings. The van der Waals surface area contributed by atoms with E-state index in [-0.39, 0.29) is 6.54 Å². The van der Waals surface area contributed by atoms with Crippen LogP contribution in [-0.2, 0) is 4.79 Å². The van der Waals surface area contributed by atoms with E-state index < -0.39 is 5.91 Å². The third-order valence-corrected chi connectivity index (χ3v) is 2.30. The maximum absolute atomic E-state index is 10.7. The topological polar surface area (TPSA) is 94.0 Å². The number of anilines is 2. The van der Waals surface area contributed by atoms with E-state index >= 15 is 0 Å². The summed E-state index contributed by atoms with van der Waals surface area (Å²) in [5, 5.41) is 4.74. The summed E-state index contributed by atoms with van der Waals surface area (Å²) in [5.41, 5.74) is 12.4. The van der Waals surface area contributed by atoms with E-state index in [1.807, 2.05) is 12.1 Å². The van der Waals surface area contributed by atoms with Gasteiger partial charge < -0.3 is 16.8 Å². The molecular formula is C11H12N4O. The number of fused-ring (bicyclic) bond motifs is 1. The van der Waals surface area contributed by atoms with Crippen molar-refractivity contribution in [2.45, 2.75) is 0 Å². The van der Waals surface area contributed by atoms with Crippen molar-refractivity contribution >= 4 is 28.1 Å². The Bertz CT molecular complexity index is 538. The summed E-state index contributed by atoms with van der Waals surface area (Å²) >= 11 is 0. The standard InChI is InChI=1S/C11H12N4O/c12-9-1-2-10(15-6-11(13)16)7-3-4-14-5-8(7)9/h1-5,15H,6,12H2,(H2,13,16). The molecule has 0 bridgehead atoms. The van der Waals surface area contributed by atoms with Crippen molar-refractivity contribution in [3.63, 3.8) is 0 Å².